The molecule has 0 N–H and O–H groups in total. The third-order valence-corrected chi connectivity index (χ3v) is 2.34. The van der Waals surface area contributed by atoms with Crippen LogP contribution in [-0.4, -0.2) is 12.4 Å². The van der Waals surface area contributed by atoms with Gasteiger partial charge in [0.15, 0.2) is 5.78 Å². The van der Waals surface area contributed by atoms with Crippen LogP contribution in [0, 0.1) is 11.7 Å². The van der Waals surface area contributed by atoms with Crippen molar-refractivity contribution in [1.29, 1.82) is 0 Å². The zero-order chi connectivity index (χ0) is 11.3. The van der Waals surface area contributed by atoms with Crippen LogP contribution in [0.15, 0.2) is 24.3 Å². The molecule has 0 saturated heterocycles. The number of rotatable bonds is 5. The van der Waals surface area contributed by atoms with Crippen LogP contribution in [-0.2, 0) is 4.79 Å². The molecule has 0 amide bonds. The van der Waals surface area contributed by atoms with Crippen molar-refractivity contribution in [1.82, 2.24) is 0 Å². The van der Waals surface area contributed by atoms with Gasteiger partial charge in [0.1, 0.15) is 18.2 Å². The van der Waals surface area contributed by atoms with Gasteiger partial charge in [0.25, 0.3) is 0 Å². The number of Topliss-reactive ketones (excluding diaryl/α,β-unsaturated/α-hetero) is 1. The number of ketones is 1. The van der Waals surface area contributed by atoms with Crippen molar-refractivity contribution in [2.24, 2.45) is 5.92 Å². The van der Waals surface area contributed by atoms with Crippen LogP contribution in [0.1, 0.15) is 20.3 Å². The summed E-state index contributed by atoms with van der Waals surface area (Å²) >= 11 is 0. The van der Waals surface area contributed by atoms with Gasteiger partial charge in [-0.3, -0.25) is 4.79 Å². The quantitative estimate of drug-likeness (QED) is 0.747. The fourth-order valence-electron chi connectivity index (χ4n) is 1.08. The molecule has 0 spiro atoms. The average Bonchev–Trinajstić information content (AvgIpc) is 2.25. The van der Waals surface area contributed by atoms with Gasteiger partial charge in [0.2, 0.25) is 0 Å². The van der Waals surface area contributed by atoms with Crippen LogP contribution in [0.5, 0.6) is 5.75 Å². The van der Waals surface area contributed by atoms with Crippen molar-refractivity contribution in [2.75, 3.05) is 6.61 Å². The summed E-state index contributed by atoms with van der Waals surface area (Å²) in [5.74, 6) is 0.0791. The fraction of sp³-hybridized carbons (Fsp3) is 0.417. The fourth-order valence-corrected chi connectivity index (χ4v) is 1.08. The Labute approximate surface area is 89.1 Å². The van der Waals surface area contributed by atoms with Crippen LogP contribution in [0.2, 0.25) is 0 Å². The molecule has 2 nitrogen and oxygen atoms in total. The predicted molar refractivity (Wildman–Crippen MR) is 56.4 cm³/mol. The standard InChI is InChI=1S/C12H15FO2/c1-3-9(2)12(14)8-15-11-6-4-5-10(13)7-11/h4-7,9H,3,8H2,1-2H3. The molecule has 0 heterocycles. The largest absolute Gasteiger partial charge is 0.486 e. The zero-order valence-corrected chi connectivity index (χ0v) is 9.00. The number of halogens is 1. The van der Waals surface area contributed by atoms with Crippen LogP contribution >= 0.6 is 0 Å². The molecule has 0 aliphatic carbocycles. The second kappa shape index (κ2) is 5.49. The summed E-state index contributed by atoms with van der Waals surface area (Å²) in [5.41, 5.74) is 0. The number of carbonyl (C=O) groups is 1. The van der Waals surface area contributed by atoms with E-state index in [-0.39, 0.29) is 24.1 Å². The lowest BCUT2D eigenvalue weighted by Crippen LogP contribution is -2.18. The molecule has 15 heavy (non-hydrogen) atoms. The van der Waals surface area contributed by atoms with E-state index in [1.807, 2.05) is 13.8 Å². The lowest BCUT2D eigenvalue weighted by molar-refractivity contribution is -0.124. The number of benzene rings is 1. The molecule has 0 fully saturated rings. The number of carbonyl (C=O) groups excluding carboxylic acids is 1. The van der Waals surface area contributed by atoms with Crippen molar-refractivity contribution >= 4 is 5.78 Å². The Morgan fingerprint density at radius 3 is 2.87 bits per heavy atom. The van der Waals surface area contributed by atoms with Gasteiger partial charge in [-0.1, -0.05) is 19.9 Å². The van der Waals surface area contributed by atoms with Crippen molar-refractivity contribution < 1.29 is 13.9 Å². The van der Waals surface area contributed by atoms with Gasteiger partial charge in [-0.05, 0) is 18.6 Å². The Hall–Kier alpha value is -1.38. The summed E-state index contributed by atoms with van der Waals surface area (Å²) in [6, 6.07) is 5.79. The van der Waals surface area contributed by atoms with E-state index in [0.717, 1.165) is 6.42 Å². The van der Waals surface area contributed by atoms with E-state index in [1.165, 1.54) is 12.1 Å². The van der Waals surface area contributed by atoms with E-state index in [2.05, 4.69) is 0 Å². The second-order valence-corrected chi connectivity index (χ2v) is 3.52. The zero-order valence-electron chi connectivity index (χ0n) is 9.00. The SMILES string of the molecule is CCC(C)C(=O)COc1cccc(F)c1. The molecule has 82 valence electrons. The first-order valence-corrected chi connectivity index (χ1v) is 5.04. The lowest BCUT2D eigenvalue weighted by atomic mass is 10.1. The summed E-state index contributed by atoms with van der Waals surface area (Å²) in [5, 5.41) is 0. The summed E-state index contributed by atoms with van der Waals surface area (Å²) in [6.45, 7) is 3.82. The van der Waals surface area contributed by atoms with Crippen molar-refractivity contribution in [2.45, 2.75) is 20.3 Å². The monoisotopic (exact) mass is 210 g/mol. The first kappa shape index (κ1) is 11.7. The van der Waals surface area contributed by atoms with Crippen LogP contribution in [0.3, 0.4) is 0 Å². The molecule has 3 heteroatoms. The molecule has 0 aliphatic rings. The van der Waals surface area contributed by atoms with Crippen LogP contribution in [0.25, 0.3) is 0 Å². The molecule has 1 rings (SSSR count). The van der Waals surface area contributed by atoms with Gasteiger partial charge in [-0.2, -0.15) is 0 Å². The molecular weight excluding hydrogens is 195 g/mol. The Kier molecular flexibility index (Phi) is 4.28. The second-order valence-electron chi connectivity index (χ2n) is 3.52. The predicted octanol–water partition coefficient (Wildman–Crippen LogP) is 2.82. The number of hydrogen-bond acceptors (Lipinski definition) is 2. The van der Waals surface area contributed by atoms with Gasteiger partial charge in [0.05, 0.1) is 0 Å². The smallest absolute Gasteiger partial charge is 0.172 e. The van der Waals surface area contributed by atoms with Crippen molar-refractivity contribution in [3.05, 3.63) is 30.1 Å². The summed E-state index contributed by atoms with van der Waals surface area (Å²) in [4.78, 5) is 11.4. The molecule has 0 aromatic heterocycles. The van der Waals surface area contributed by atoms with E-state index in [0.29, 0.717) is 5.75 Å². The Balaban J connectivity index is 2.47. The van der Waals surface area contributed by atoms with Gasteiger partial charge >= 0.3 is 0 Å². The van der Waals surface area contributed by atoms with Crippen molar-refractivity contribution in [3.63, 3.8) is 0 Å². The number of hydrogen-bond donors (Lipinski definition) is 0. The van der Waals surface area contributed by atoms with Crippen molar-refractivity contribution in [3.8, 4) is 5.75 Å². The summed E-state index contributed by atoms with van der Waals surface area (Å²) in [7, 11) is 0. The molecule has 0 saturated carbocycles. The summed E-state index contributed by atoms with van der Waals surface area (Å²) < 4.78 is 17.9. The molecule has 0 bridgehead atoms. The van der Waals surface area contributed by atoms with Crippen LogP contribution in [0.4, 0.5) is 4.39 Å². The molecule has 0 aliphatic heterocycles. The molecule has 1 aromatic rings. The highest BCUT2D eigenvalue weighted by atomic mass is 19.1. The Morgan fingerprint density at radius 2 is 2.27 bits per heavy atom. The normalized spacial score (nSPS) is 12.2. The van der Waals surface area contributed by atoms with E-state index in [9.17, 15) is 9.18 Å². The lowest BCUT2D eigenvalue weighted by Gasteiger charge is -2.09. The maximum atomic E-state index is 12.8. The van der Waals surface area contributed by atoms with Gasteiger partial charge in [-0.15, -0.1) is 0 Å². The Bertz CT molecular complexity index is 336. The van der Waals surface area contributed by atoms with Gasteiger partial charge < -0.3 is 4.74 Å². The molecule has 1 aromatic carbocycles. The minimum absolute atomic E-state index is 0.00133. The number of ether oxygens (including phenoxy) is 1. The topological polar surface area (TPSA) is 26.3 Å². The Morgan fingerprint density at radius 1 is 1.53 bits per heavy atom. The van der Waals surface area contributed by atoms with E-state index in [4.69, 9.17) is 4.74 Å². The highest BCUT2D eigenvalue weighted by Crippen LogP contribution is 2.12. The van der Waals surface area contributed by atoms with E-state index >= 15 is 0 Å². The van der Waals surface area contributed by atoms with Crippen LogP contribution < -0.4 is 4.74 Å². The molecule has 0 radical (unpaired) electrons. The summed E-state index contributed by atoms with van der Waals surface area (Å²) in [6.07, 6.45) is 0.797. The highest BCUT2D eigenvalue weighted by Gasteiger charge is 2.11. The third-order valence-electron chi connectivity index (χ3n) is 2.34. The van der Waals surface area contributed by atoms with E-state index in [1.54, 1.807) is 12.1 Å². The highest BCUT2D eigenvalue weighted by molar-refractivity contribution is 5.82. The van der Waals surface area contributed by atoms with Gasteiger partial charge in [-0.25, -0.2) is 4.39 Å². The van der Waals surface area contributed by atoms with Gasteiger partial charge in [0, 0.05) is 12.0 Å². The first-order valence-electron chi connectivity index (χ1n) is 5.04. The molecular formula is C12H15FO2. The average molecular weight is 210 g/mol. The maximum absolute atomic E-state index is 12.8. The maximum Gasteiger partial charge on any atom is 0.172 e. The molecule has 1 unspecified atom stereocenters. The minimum atomic E-state index is -0.358. The third kappa shape index (κ3) is 3.70. The minimum Gasteiger partial charge on any atom is -0.486 e. The molecule has 1 atom stereocenters. The van der Waals surface area contributed by atoms with E-state index < -0.39 is 0 Å². The first-order chi connectivity index (χ1) is 7.13.